The van der Waals surface area contributed by atoms with E-state index in [0.29, 0.717) is 6.61 Å². The van der Waals surface area contributed by atoms with Crippen molar-refractivity contribution in [1.82, 2.24) is 14.5 Å². The second kappa shape index (κ2) is 21.2. The molecule has 9 nitrogen and oxygen atoms in total. The SMILES string of the molecule is CCCCCCCC/C=C\CCCCCCCCCCCCOP1(=O)CO[C@@H](Cn2cnc(N)nc2=O)CO1. The van der Waals surface area contributed by atoms with Crippen LogP contribution in [0.4, 0.5) is 5.95 Å². The molecule has 1 unspecified atom stereocenters. The Hall–Kier alpha value is -1.54. The molecule has 1 aliphatic heterocycles. The number of nitrogen functional groups attached to an aromatic ring is 1. The molecule has 1 aliphatic rings. The smallest absolute Gasteiger partial charge is 0.356 e. The number of allylic oxidation sites excluding steroid dienone is 2. The average Bonchev–Trinajstić information content (AvgIpc) is 2.92. The molecule has 0 saturated carbocycles. The van der Waals surface area contributed by atoms with Gasteiger partial charge < -0.3 is 19.5 Å². The van der Waals surface area contributed by atoms with E-state index in [4.69, 9.17) is 19.5 Å². The van der Waals surface area contributed by atoms with Crippen molar-refractivity contribution in [2.24, 2.45) is 0 Å². The Morgan fingerprint density at radius 3 is 2.05 bits per heavy atom. The van der Waals surface area contributed by atoms with Gasteiger partial charge in [-0.1, -0.05) is 103 Å². The molecule has 1 saturated heterocycles. The van der Waals surface area contributed by atoms with Gasteiger partial charge >= 0.3 is 13.3 Å². The highest BCUT2D eigenvalue weighted by Crippen LogP contribution is 2.51. The summed E-state index contributed by atoms with van der Waals surface area (Å²) < 4.78 is 30.6. The molecule has 1 aromatic rings. The maximum Gasteiger partial charge on any atom is 0.356 e. The van der Waals surface area contributed by atoms with E-state index in [1.165, 1.54) is 114 Å². The van der Waals surface area contributed by atoms with Crippen LogP contribution in [0.2, 0.25) is 0 Å². The van der Waals surface area contributed by atoms with Crippen molar-refractivity contribution in [1.29, 1.82) is 0 Å². The molecule has 10 heteroatoms. The molecule has 0 aromatic carbocycles. The zero-order valence-corrected chi connectivity index (χ0v) is 25.2. The van der Waals surface area contributed by atoms with Crippen LogP contribution in [0.15, 0.2) is 23.3 Å². The molecule has 0 radical (unpaired) electrons. The number of hydrogen-bond acceptors (Lipinski definition) is 8. The highest BCUT2D eigenvalue weighted by atomic mass is 31.2. The average molecular weight is 569 g/mol. The maximum absolute atomic E-state index is 12.7. The summed E-state index contributed by atoms with van der Waals surface area (Å²) in [4.78, 5) is 19.2. The first-order valence-corrected chi connectivity index (χ1v) is 17.1. The van der Waals surface area contributed by atoms with E-state index in [2.05, 4.69) is 29.0 Å². The fourth-order valence-corrected chi connectivity index (χ4v) is 6.05. The second-order valence-electron chi connectivity index (χ2n) is 10.7. The van der Waals surface area contributed by atoms with Gasteiger partial charge in [-0.15, -0.1) is 0 Å². The van der Waals surface area contributed by atoms with Crippen LogP contribution in [0, 0.1) is 0 Å². The monoisotopic (exact) mass is 568 g/mol. The van der Waals surface area contributed by atoms with E-state index in [1.54, 1.807) is 0 Å². The predicted octanol–water partition coefficient (Wildman–Crippen LogP) is 7.40. The lowest BCUT2D eigenvalue weighted by atomic mass is 10.1. The summed E-state index contributed by atoms with van der Waals surface area (Å²) in [5, 5.41) is 0. The van der Waals surface area contributed by atoms with E-state index in [1.807, 2.05) is 0 Å². The van der Waals surface area contributed by atoms with Crippen LogP contribution in [0.25, 0.3) is 0 Å². The summed E-state index contributed by atoms with van der Waals surface area (Å²) in [6, 6.07) is 0. The third-order valence-corrected chi connectivity index (χ3v) is 8.64. The molecule has 39 heavy (non-hydrogen) atoms. The number of unbranched alkanes of at least 4 members (excludes halogenated alkanes) is 16. The van der Waals surface area contributed by atoms with Gasteiger partial charge in [0.25, 0.3) is 0 Å². The Labute approximate surface area is 235 Å². The summed E-state index contributed by atoms with van der Waals surface area (Å²) in [6.07, 6.45) is 28.6. The van der Waals surface area contributed by atoms with Crippen LogP contribution in [-0.4, -0.2) is 40.2 Å². The number of anilines is 1. The number of nitrogens with zero attached hydrogens (tertiary/aromatic N) is 3. The van der Waals surface area contributed by atoms with Gasteiger partial charge in [0.15, 0.2) is 0 Å². The Morgan fingerprint density at radius 1 is 0.949 bits per heavy atom. The van der Waals surface area contributed by atoms with E-state index < -0.39 is 19.4 Å². The van der Waals surface area contributed by atoms with Crippen molar-refractivity contribution < 1.29 is 18.3 Å². The molecule has 0 aliphatic carbocycles. The normalized spacial score (nSPS) is 19.7. The minimum absolute atomic E-state index is 0.0713. The van der Waals surface area contributed by atoms with E-state index in [-0.39, 0.29) is 25.4 Å². The lowest BCUT2D eigenvalue weighted by Crippen LogP contribution is -2.35. The summed E-state index contributed by atoms with van der Waals surface area (Å²) in [5.41, 5.74) is 4.89. The lowest BCUT2D eigenvalue weighted by molar-refractivity contribution is -0.0147. The maximum atomic E-state index is 12.7. The number of nitrogens with two attached hydrogens (primary N) is 1. The first kappa shape index (κ1) is 33.7. The van der Waals surface area contributed by atoms with Crippen LogP contribution in [0.3, 0.4) is 0 Å². The van der Waals surface area contributed by atoms with Crippen LogP contribution in [0.1, 0.15) is 122 Å². The number of hydrogen-bond donors (Lipinski definition) is 1. The Morgan fingerprint density at radius 2 is 1.51 bits per heavy atom. The molecular formula is C29H53N4O5P. The summed E-state index contributed by atoms with van der Waals surface area (Å²) >= 11 is 0. The highest BCUT2D eigenvalue weighted by Gasteiger charge is 2.33. The van der Waals surface area contributed by atoms with Crippen molar-refractivity contribution in [3.05, 3.63) is 29.0 Å². The highest BCUT2D eigenvalue weighted by molar-refractivity contribution is 7.53. The molecule has 1 aromatic heterocycles. The van der Waals surface area contributed by atoms with Crippen molar-refractivity contribution >= 4 is 13.5 Å². The third kappa shape index (κ3) is 16.3. The van der Waals surface area contributed by atoms with E-state index in [0.717, 1.165) is 12.8 Å². The minimum atomic E-state index is -3.24. The van der Waals surface area contributed by atoms with Crippen LogP contribution in [0.5, 0.6) is 0 Å². The number of ether oxygens (including phenoxy) is 1. The summed E-state index contributed by atoms with van der Waals surface area (Å²) in [5.74, 6) is -0.0713. The van der Waals surface area contributed by atoms with Crippen LogP contribution in [-0.2, 0) is 24.9 Å². The van der Waals surface area contributed by atoms with E-state index in [9.17, 15) is 9.36 Å². The van der Waals surface area contributed by atoms with Crippen LogP contribution < -0.4 is 11.4 Å². The molecule has 0 amide bonds. The first-order chi connectivity index (χ1) is 19.0. The topological polar surface area (TPSA) is 119 Å². The second-order valence-corrected chi connectivity index (χ2v) is 12.7. The van der Waals surface area contributed by atoms with Gasteiger partial charge in [0, 0.05) is 0 Å². The van der Waals surface area contributed by atoms with Crippen molar-refractivity contribution in [2.45, 2.75) is 135 Å². The fourth-order valence-electron chi connectivity index (χ4n) is 4.63. The quantitative estimate of drug-likeness (QED) is 0.0824. The molecule has 2 heterocycles. The molecule has 1 fully saturated rings. The first-order valence-electron chi connectivity index (χ1n) is 15.4. The molecule has 2 N–H and O–H groups in total. The van der Waals surface area contributed by atoms with Gasteiger partial charge in [0.1, 0.15) is 18.8 Å². The van der Waals surface area contributed by atoms with Crippen molar-refractivity contribution in [2.75, 3.05) is 25.3 Å². The third-order valence-electron chi connectivity index (χ3n) is 7.06. The molecule has 224 valence electrons. The van der Waals surface area contributed by atoms with Gasteiger partial charge in [-0.2, -0.15) is 4.98 Å². The molecule has 0 bridgehead atoms. The van der Waals surface area contributed by atoms with Gasteiger partial charge in [0.2, 0.25) is 5.95 Å². The largest absolute Gasteiger partial charge is 0.368 e. The minimum Gasteiger partial charge on any atom is -0.368 e. The number of rotatable bonds is 23. The summed E-state index contributed by atoms with van der Waals surface area (Å²) in [7, 11) is -3.24. The van der Waals surface area contributed by atoms with Gasteiger partial charge in [0.05, 0.1) is 19.8 Å². The molecule has 0 spiro atoms. The number of aromatic nitrogens is 3. The van der Waals surface area contributed by atoms with Crippen LogP contribution >= 0.6 is 7.60 Å². The Bertz CT molecular complexity index is 883. The lowest BCUT2D eigenvalue weighted by Gasteiger charge is -2.29. The Kier molecular flexibility index (Phi) is 18.3. The fraction of sp³-hybridized carbons (Fsp3) is 0.828. The molecular weight excluding hydrogens is 515 g/mol. The van der Waals surface area contributed by atoms with Gasteiger partial charge in [-0.25, -0.2) is 9.78 Å². The van der Waals surface area contributed by atoms with E-state index >= 15 is 0 Å². The van der Waals surface area contributed by atoms with Crippen molar-refractivity contribution in [3.8, 4) is 0 Å². The predicted molar refractivity (Wildman–Crippen MR) is 158 cm³/mol. The zero-order chi connectivity index (χ0) is 28.0. The Balaban J connectivity index is 1.34. The van der Waals surface area contributed by atoms with Gasteiger partial charge in [-0.3, -0.25) is 9.13 Å². The zero-order valence-electron chi connectivity index (χ0n) is 24.3. The molecule has 2 atom stereocenters. The van der Waals surface area contributed by atoms with Gasteiger partial charge in [-0.05, 0) is 32.1 Å². The molecule has 2 rings (SSSR count). The standard InChI is InChI=1S/C29H53N4O5P/c1-2-3-4-5-6-7-8-9-10-11-12-13-14-15-16-17-18-19-20-21-22-37-39(35)26-36-27(24-38-39)23-33-25-31-28(30)32-29(33)34/h9-10,25,27H,2-8,11-24,26H2,1H3,(H2,30,32,34)/b10-9-/t27-,39?/m0/s1. The van der Waals surface area contributed by atoms with Crippen molar-refractivity contribution in [3.63, 3.8) is 0 Å². The summed E-state index contributed by atoms with van der Waals surface area (Å²) in [6.45, 7) is 2.97.